The number of alkyl halides is 2. The Balaban J connectivity index is 2.10. The molecule has 0 N–H and O–H groups in total. The van der Waals surface area contributed by atoms with Gasteiger partial charge in [-0.1, -0.05) is 31.9 Å². The summed E-state index contributed by atoms with van der Waals surface area (Å²) < 4.78 is 5.70. The molecule has 0 saturated heterocycles. The molecule has 3 heteroatoms. The van der Waals surface area contributed by atoms with Crippen LogP contribution in [0, 0.1) is 5.92 Å². The molecule has 0 bridgehead atoms. The highest BCUT2D eigenvalue weighted by Crippen LogP contribution is 2.25. The van der Waals surface area contributed by atoms with Crippen molar-refractivity contribution < 1.29 is 4.74 Å². The van der Waals surface area contributed by atoms with E-state index < -0.39 is 0 Å². The van der Waals surface area contributed by atoms with Crippen LogP contribution in [0.15, 0.2) is 11.8 Å². The molecule has 1 atom stereocenters. The third-order valence-corrected chi connectivity index (χ3v) is 3.99. The molecule has 0 amide bonds. The summed E-state index contributed by atoms with van der Waals surface area (Å²) in [7, 11) is 0. The molecule has 0 heterocycles. The summed E-state index contributed by atoms with van der Waals surface area (Å²) in [6.07, 6.45) is 8.21. The smallest absolute Gasteiger partial charge is 0.0920 e. The molecule has 0 aromatic carbocycles. The molecule has 1 nitrogen and oxygen atoms in total. The highest BCUT2D eigenvalue weighted by atomic mass is 79.9. The first-order chi connectivity index (χ1) is 6.86. The molecule has 82 valence electrons. The van der Waals surface area contributed by atoms with E-state index in [2.05, 4.69) is 37.9 Å². The molecule has 0 fully saturated rings. The minimum Gasteiger partial charge on any atom is -0.498 e. The first-order valence-corrected chi connectivity index (χ1v) is 7.55. The first kappa shape index (κ1) is 12.6. The zero-order chi connectivity index (χ0) is 10.2. The summed E-state index contributed by atoms with van der Waals surface area (Å²) >= 11 is 6.95. The largest absolute Gasteiger partial charge is 0.498 e. The number of hydrogen-bond acceptors (Lipinski definition) is 1. The van der Waals surface area contributed by atoms with Gasteiger partial charge in [-0.25, -0.2) is 0 Å². The van der Waals surface area contributed by atoms with E-state index in [1.807, 2.05) is 0 Å². The van der Waals surface area contributed by atoms with Gasteiger partial charge in [0.05, 0.1) is 12.4 Å². The average molecular weight is 326 g/mol. The first-order valence-electron chi connectivity index (χ1n) is 5.30. The second-order valence-electron chi connectivity index (χ2n) is 3.71. The van der Waals surface area contributed by atoms with E-state index in [1.54, 1.807) is 0 Å². The molecule has 1 aliphatic carbocycles. The van der Waals surface area contributed by atoms with E-state index in [1.165, 1.54) is 25.0 Å². The van der Waals surface area contributed by atoms with Gasteiger partial charge in [-0.15, -0.1) is 0 Å². The standard InChI is InChI=1S/C11H18Br2O/c12-7-1-2-8-14-11-5-3-10(9-13)4-6-11/h5,10H,1-4,6-9H2. The van der Waals surface area contributed by atoms with Gasteiger partial charge in [0.2, 0.25) is 0 Å². The lowest BCUT2D eigenvalue weighted by Crippen LogP contribution is -2.08. The summed E-state index contributed by atoms with van der Waals surface area (Å²) in [6, 6.07) is 0. The Labute approximate surface area is 104 Å². The SMILES string of the molecule is BrCCCCOC1=CCC(CBr)CC1. The van der Waals surface area contributed by atoms with Crippen molar-refractivity contribution in [3.8, 4) is 0 Å². The molecular formula is C11H18Br2O. The van der Waals surface area contributed by atoms with Crippen molar-refractivity contribution in [3.63, 3.8) is 0 Å². The molecule has 0 aliphatic heterocycles. The van der Waals surface area contributed by atoms with Crippen LogP contribution in [0.25, 0.3) is 0 Å². The van der Waals surface area contributed by atoms with Crippen LogP contribution in [-0.4, -0.2) is 17.3 Å². The molecule has 14 heavy (non-hydrogen) atoms. The Morgan fingerprint density at radius 2 is 2.21 bits per heavy atom. The number of unbranched alkanes of at least 4 members (excludes halogenated alkanes) is 1. The van der Waals surface area contributed by atoms with Crippen molar-refractivity contribution in [3.05, 3.63) is 11.8 Å². The molecule has 0 radical (unpaired) electrons. The van der Waals surface area contributed by atoms with Crippen LogP contribution in [-0.2, 0) is 4.74 Å². The Hall–Kier alpha value is 0.500. The van der Waals surface area contributed by atoms with Gasteiger partial charge >= 0.3 is 0 Å². The minimum absolute atomic E-state index is 0.824. The lowest BCUT2D eigenvalue weighted by atomic mass is 9.95. The maximum atomic E-state index is 5.70. The Kier molecular flexibility index (Phi) is 6.96. The van der Waals surface area contributed by atoms with Gasteiger partial charge in [0, 0.05) is 17.1 Å². The van der Waals surface area contributed by atoms with Crippen molar-refractivity contribution in [2.24, 2.45) is 5.92 Å². The van der Waals surface area contributed by atoms with E-state index >= 15 is 0 Å². The van der Waals surface area contributed by atoms with Crippen LogP contribution < -0.4 is 0 Å². The van der Waals surface area contributed by atoms with Crippen LogP contribution in [0.5, 0.6) is 0 Å². The predicted molar refractivity (Wildman–Crippen MR) is 68.2 cm³/mol. The molecule has 0 spiro atoms. The Morgan fingerprint density at radius 1 is 1.36 bits per heavy atom. The van der Waals surface area contributed by atoms with Crippen molar-refractivity contribution in [2.75, 3.05) is 17.3 Å². The molecule has 0 aromatic rings. The Bertz CT molecular complexity index is 180. The van der Waals surface area contributed by atoms with Crippen LogP contribution in [0.3, 0.4) is 0 Å². The second kappa shape index (κ2) is 7.75. The zero-order valence-corrected chi connectivity index (χ0v) is 11.6. The van der Waals surface area contributed by atoms with Gasteiger partial charge in [0.1, 0.15) is 0 Å². The lowest BCUT2D eigenvalue weighted by Gasteiger charge is -2.20. The fourth-order valence-electron chi connectivity index (χ4n) is 1.54. The number of allylic oxidation sites excluding steroid dienone is 2. The summed E-state index contributed by atoms with van der Waals surface area (Å²) in [5.74, 6) is 2.04. The molecule has 0 saturated carbocycles. The van der Waals surface area contributed by atoms with Crippen molar-refractivity contribution in [1.82, 2.24) is 0 Å². The summed E-state index contributed by atoms with van der Waals surface area (Å²) in [5.41, 5.74) is 0. The molecule has 1 aliphatic rings. The van der Waals surface area contributed by atoms with E-state index in [4.69, 9.17) is 4.74 Å². The van der Waals surface area contributed by atoms with E-state index in [-0.39, 0.29) is 0 Å². The van der Waals surface area contributed by atoms with Gasteiger partial charge in [-0.3, -0.25) is 0 Å². The van der Waals surface area contributed by atoms with E-state index in [0.717, 1.165) is 36.0 Å². The number of halogens is 2. The van der Waals surface area contributed by atoms with Crippen LogP contribution in [0.4, 0.5) is 0 Å². The fraction of sp³-hybridized carbons (Fsp3) is 0.818. The number of ether oxygens (including phenoxy) is 1. The quantitative estimate of drug-likeness (QED) is 0.524. The fourth-order valence-corrected chi connectivity index (χ4v) is 2.52. The van der Waals surface area contributed by atoms with Crippen LogP contribution >= 0.6 is 31.9 Å². The molecule has 1 unspecified atom stereocenters. The molecule has 0 aromatic heterocycles. The van der Waals surface area contributed by atoms with Gasteiger partial charge in [0.15, 0.2) is 0 Å². The highest BCUT2D eigenvalue weighted by molar-refractivity contribution is 9.09. The van der Waals surface area contributed by atoms with Gasteiger partial charge in [-0.2, -0.15) is 0 Å². The highest BCUT2D eigenvalue weighted by Gasteiger charge is 2.13. The molecule has 1 rings (SSSR count). The summed E-state index contributed by atoms with van der Waals surface area (Å²) in [6.45, 7) is 0.885. The average Bonchev–Trinajstić information content (AvgIpc) is 2.25. The van der Waals surface area contributed by atoms with Crippen LogP contribution in [0.1, 0.15) is 32.1 Å². The normalized spacial score (nSPS) is 21.9. The predicted octanol–water partition coefficient (Wildman–Crippen LogP) is 4.26. The van der Waals surface area contributed by atoms with Gasteiger partial charge < -0.3 is 4.74 Å². The lowest BCUT2D eigenvalue weighted by molar-refractivity contribution is 0.186. The van der Waals surface area contributed by atoms with E-state index in [0.29, 0.717) is 0 Å². The van der Waals surface area contributed by atoms with Gasteiger partial charge in [0.25, 0.3) is 0 Å². The van der Waals surface area contributed by atoms with Crippen LogP contribution in [0.2, 0.25) is 0 Å². The monoisotopic (exact) mass is 324 g/mol. The number of rotatable bonds is 6. The minimum atomic E-state index is 0.824. The molecular weight excluding hydrogens is 308 g/mol. The third kappa shape index (κ3) is 4.83. The third-order valence-electron chi connectivity index (χ3n) is 2.51. The maximum Gasteiger partial charge on any atom is 0.0920 e. The topological polar surface area (TPSA) is 9.23 Å². The van der Waals surface area contributed by atoms with Crippen molar-refractivity contribution in [1.29, 1.82) is 0 Å². The van der Waals surface area contributed by atoms with Gasteiger partial charge in [-0.05, 0) is 37.7 Å². The summed E-state index contributed by atoms with van der Waals surface area (Å²) in [4.78, 5) is 0. The Morgan fingerprint density at radius 3 is 2.79 bits per heavy atom. The van der Waals surface area contributed by atoms with Crippen molar-refractivity contribution in [2.45, 2.75) is 32.1 Å². The van der Waals surface area contributed by atoms with Crippen molar-refractivity contribution >= 4 is 31.9 Å². The number of hydrogen-bond donors (Lipinski definition) is 0. The summed E-state index contributed by atoms with van der Waals surface area (Å²) in [5, 5.41) is 2.21. The van der Waals surface area contributed by atoms with E-state index in [9.17, 15) is 0 Å². The zero-order valence-electron chi connectivity index (χ0n) is 8.48. The second-order valence-corrected chi connectivity index (χ2v) is 5.15. The maximum absolute atomic E-state index is 5.70.